The predicted molar refractivity (Wildman–Crippen MR) is 87.3 cm³/mol. The number of nitrogens with one attached hydrogen (secondary N) is 1. The first-order valence-corrected chi connectivity index (χ1v) is 8.21. The van der Waals surface area contributed by atoms with Crippen molar-refractivity contribution in [1.82, 2.24) is 14.5 Å². The zero-order valence-corrected chi connectivity index (χ0v) is 13.8. The molecule has 0 bridgehead atoms. The number of carbonyl (C=O) groups excluding carboxylic acids is 2. The minimum atomic E-state index is -0.496. The van der Waals surface area contributed by atoms with Crippen molar-refractivity contribution in [3.63, 3.8) is 0 Å². The number of anilines is 1. The van der Waals surface area contributed by atoms with Crippen LogP contribution in [0.25, 0.3) is 11.4 Å². The van der Waals surface area contributed by atoms with Crippen molar-refractivity contribution < 1.29 is 14.3 Å². The van der Waals surface area contributed by atoms with Gasteiger partial charge >= 0.3 is 6.09 Å². The maximum Gasteiger partial charge on any atom is 0.410 e. The lowest BCUT2D eigenvalue weighted by atomic mass is 10.2. The molecule has 2 aromatic heterocycles. The normalized spacial score (nSPS) is 17.3. The molecule has 1 aliphatic rings. The van der Waals surface area contributed by atoms with Gasteiger partial charge in [-0.1, -0.05) is 0 Å². The molecule has 2 aromatic rings. The summed E-state index contributed by atoms with van der Waals surface area (Å²) in [5, 5.41) is 5.24. The number of rotatable bonds is 3. The molecular formula is C15H18N4O3S. The summed E-state index contributed by atoms with van der Waals surface area (Å²) in [4.78, 5) is 30.0. The molecule has 23 heavy (non-hydrogen) atoms. The number of aryl methyl sites for hydroxylation is 1. The topological polar surface area (TPSA) is 76.5 Å². The van der Waals surface area contributed by atoms with E-state index in [9.17, 15) is 9.59 Å². The highest BCUT2D eigenvalue weighted by atomic mass is 32.1. The van der Waals surface area contributed by atoms with Gasteiger partial charge in [0.2, 0.25) is 5.91 Å². The van der Waals surface area contributed by atoms with Gasteiger partial charge in [0.05, 0.1) is 18.5 Å². The van der Waals surface area contributed by atoms with E-state index in [2.05, 4.69) is 10.3 Å². The molecule has 0 aromatic carbocycles. The summed E-state index contributed by atoms with van der Waals surface area (Å²) in [6.07, 6.45) is 2.90. The van der Waals surface area contributed by atoms with E-state index in [4.69, 9.17) is 4.74 Å². The summed E-state index contributed by atoms with van der Waals surface area (Å²) in [6, 6.07) is 3.42. The molecular weight excluding hydrogens is 316 g/mol. The number of thiazole rings is 1. The molecule has 0 saturated carbocycles. The van der Waals surface area contributed by atoms with Crippen molar-refractivity contribution in [2.24, 2.45) is 7.05 Å². The maximum atomic E-state index is 12.4. The van der Waals surface area contributed by atoms with Crippen LogP contribution in [0.3, 0.4) is 0 Å². The monoisotopic (exact) mass is 334 g/mol. The highest BCUT2D eigenvalue weighted by Gasteiger charge is 2.35. The van der Waals surface area contributed by atoms with Crippen molar-refractivity contribution in [1.29, 1.82) is 0 Å². The maximum absolute atomic E-state index is 12.4. The lowest BCUT2D eigenvalue weighted by molar-refractivity contribution is -0.119. The molecule has 1 atom stereocenters. The second kappa shape index (κ2) is 6.41. The fraction of sp³-hybridized carbons (Fsp3) is 0.400. The van der Waals surface area contributed by atoms with Gasteiger partial charge in [-0.05, 0) is 25.0 Å². The molecule has 3 heterocycles. The minimum absolute atomic E-state index is 0.222. The molecule has 1 aliphatic heterocycles. The van der Waals surface area contributed by atoms with Crippen LogP contribution in [0.2, 0.25) is 0 Å². The molecule has 122 valence electrons. The molecule has 0 unspecified atom stereocenters. The van der Waals surface area contributed by atoms with Crippen LogP contribution in [-0.4, -0.2) is 46.1 Å². The predicted octanol–water partition coefficient (Wildman–Crippen LogP) is 2.32. The van der Waals surface area contributed by atoms with Crippen LogP contribution < -0.4 is 5.32 Å². The van der Waals surface area contributed by atoms with E-state index >= 15 is 0 Å². The smallest absolute Gasteiger partial charge is 0.410 e. The number of ether oxygens (including phenoxy) is 1. The Morgan fingerprint density at radius 3 is 3.00 bits per heavy atom. The summed E-state index contributed by atoms with van der Waals surface area (Å²) in [5.41, 5.74) is 1.80. The molecule has 1 fully saturated rings. The third-order valence-electron chi connectivity index (χ3n) is 3.91. The second-order valence-corrected chi connectivity index (χ2v) is 6.21. The number of amides is 2. The van der Waals surface area contributed by atoms with E-state index in [0.717, 1.165) is 17.8 Å². The first kappa shape index (κ1) is 15.5. The fourth-order valence-corrected chi connectivity index (χ4v) is 3.45. The van der Waals surface area contributed by atoms with Crippen LogP contribution in [0, 0.1) is 0 Å². The standard InChI is InChI=1S/C15H18N4O3S/c1-18-7-3-5-11(18)10-9-23-14(16-10)17-13(20)12-6-4-8-19(12)15(21)22-2/h3,5,7,9,12H,4,6,8H2,1-2H3,(H,16,17,20)/t12-/m1/s1. The Hall–Kier alpha value is -2.35. The first-order chi connectivity index (χ1) is 11.1. The van der Waals surface area contributed by atoms with Gasteiger partial charge in [-0.3, -0.25) is 9.69 Å². The highest BCUT2D eigenvalue weighted by molar-refractivity contribution is 7.14. The third-order valence-corrected chi connectivity index (χ3v) is 4.66. The van der Waals surface area contributed by atoms with Gasteiger partial charge in [0.1, 0.15) is 6.04 Å². The average molecular weight is 334 g/mol. The summed E-state index contributed by atoms with van der Waals surface area (Å²) in [7, 11) is 3.27. The van der Waals surface area contributed by atoms with E-state index in [-0.39, 0.29) is 5.91 Å². The summed E-state index contributed by atoms with van der Waals surface area (Å²) in [5.74, 6) is -0.222. The van der Waals surface area contributed by atoms with Crippen LogP contribution in [0.4, 0.5) is 9.93 Å². The van der Waals surface area contributed by atoms with Crippen LogP contribution >= 0.6 is 11.3 Å². The highest BCUT2D eigenvalue weighted by Crippen LogP contribution is 2.26. The summed E-state index contributed by atoms with van der Waals surface area (Å²) < 4.78 is 6.69. The Bertz CT molecular complexity index is 724. The molecule has 0 radical (unpaired) electrons. The molecule has 2 amide bonds. The number of hydrogen-bond acceptors (Lipinski definition) is 5. The van der Waals surface area contributed by atoms with Crippen molar-refractivity contribution in [2.75, 3.05) is 19.0 Å². The minimum Gasteiger partial charge on any atom is -0.453 e. The molecule has 0 spiro atoms. The Morgan fingerprint density at radius 2 is 2.30 bits per heavy atom. The SMILES string of the molecule is COC(=O)N1CCC[C@@H]1C(=O)Nc1nc(-c2cccn2C)cs1. The van der Waals surface area contributed by atoms with Crippen molar-refractivity contribution in [2.45, 2.75) is 18.9 Å². The number of carbonyl (C=O) groups is 2. The van der Waals surface area contributed by atoms with E-state index in [1.807, 2.05) is 35.3 Å². The molecule has 1 saturated heterocycles. The quantitative estimate of drug-likeness (QED) is 0.934. The molecule has 7 nitrogen and oxygen atoms in total. The van der Waals surface area contributed by atoms with Gasteiger partial charge in [0.25, 0.3) is 0 Å². The van der Waals surface area contributed by atoms with E-state index < -0.39 is 12.1 Å². The van der Waals surface area contributed by atoms with Crippen molar-refractivity contribution >= 4 is 28.5 Å². The van der Waals surface area contributed by atoms with E-state index in [1.165, 1.54) is 23.3 Å². The number of hydrogen-bond donors (Lipinski definition) is 1. The van der Waals surface area contributed by atoms with Gasteiger partial charge in [-0.25, -0.2) is 9.78 Å². The lowest BCUT2D eigenvalue weighted by Gasteiger charge is -2.21. The third kappa shape index (κ3) is 3.07. The second-order valence-electron chi connectivity index (χ2n) is 5.35. The van der Waals surface area contributed by atoms with Gasteiger partial charge < -0.3 is 14.6 Å². The van der Waals surface area contributed by atoms with Crippen LogP contribution in [0.15, 0.2) is 23.7 Å². The largest absolute Gasteiger partial charge is 0.453 e. The number of methoxy groups -OCH3 is 1. The van der Waals surface area contributed by atoms with Crippen LogP contribution in [0.5, 0.6) is 0 Å². The average Bonchev–Trinajstić information content (AvgIpc) is 3.25. The van der Waals surface area contributed by atoms with E-state index in [1.54, 1.807) is 0 Å². The van der Waals surface area contributed by atoms with Gasteiger partial charge in [-0.15, -0.1) is 11.3 Å². The van der Waals surface area contributed by atoms with Crippen molar-refractivity contribution in [3.8, 4) is 11.4 Å². The Labute approximate surface area is 137 Å². The summed E-state index contributed by atoms with van der Waals surface area (Å²) in [6.45, 7) is 0.539. The summed E-state index contributed by atoms with van der Waals surface area (Å²) >= 11 is 1.37. The lowest BCUT2D eigenvalue weighted by Crippen LogP contribution is -2.43. The van der Waals surface area contributed by atoms with E-state index in [0.29, 0.717) is 18.1 Å². The Morgan fingerprint density at radius 1 is 1.48 bits per heavy atom. The number of nitrogens with zero attached hydrogens (tertiary/aromatic N) is 3. The molecule has 3 rings (SSSR count). The van der Waals surface area contributed by atoms with Gasteiger partial charge in [0.15, 0.2) is 5.13 Å². The van der Waals surface area contributed by atoms with Gasteiger partial charge in [0, 0.05) is 25.2 Å². The number of likely N-dealkylation sites (tertiary alicyclic amines) is 1. The Balaban J connectivity index is 1.70. The number of aromatic nitrogens is 2. The first-order valence-electron chi connectivity index (χ1n) is 7.33. The fourth-order valence-electron chi connectivity index (χ4n) is 2.74. The zero-order valence-electron chi connectivity index (χ0n) is 13.0. The molecule has 1 N–H and O–H groups in total. The molecule has 0 aliphatic carbocycles. The molecule has 8 heteroatoms. The van der Waals surface area contributed by atoms with Gasteiger partial charge in [-0.2, -0.15) is 0 Å². The Kier molecular flexibility index (Phi) is 4.33. The van der Waals surface area contributed by atoms with Crippen molar-refractivity contribution in [3.05, 3.63) is 23.7 Å². The van der Waals surface area contributed by atoms with Crippen LogP contribution in [-0.2, 0) is 16.6 Å². The van der Waals surface area contributed by atoms with Crippen LogP contribution in [0.1, 0.15) is 12.8 Å². The zero-order chi connectivity index (χ0) is 16.4.